The number of hydrogen-bond donors (Lipinski definition) is 1. The van der Waals surface area contributed by atoms with E-state index in [9.17, 15) is 14.4 Å². The van der Waals surface area contributed by atoms with Gasteiger partial charge in [-0.3, -0.25) is 24.0 Å². The SMILES string of the molecule is CCOc1nc2cccc(C(=O)OCOC(=O)OCc3nc(C)c(C)nc3C)c2n1Cc1ccc(-c2ccccc2-c2noc(=O)[nH]2)cc1. The summed E-state index contributed by atoms with van der Waals surface area (Å²) >= 11 is 0. The van der Waals surface area contributed by atoms with Crippen LogP contribution in [0.2, 0.25) is 0 Å². The molecule has 0 aliphatic rings. The molecule has 0 atom stereocenters. The fourth-order valence-electron chi connectivity index (χ4n) is 5.25. The van der Waals surface area contributed by atoms with Crippen molar-refractivity contribution in [2.24, 2.45) is 0 Å². The zero-order valence-electron chi connectivity index (χ0n) is 27.2. The fraction of sp³-hybridized carbons (Fsp3) is 0.229. The summed E-state index contributed by atoms with van der Waals surface area (Å²) in [6.45, 7) is 7.15. The van der Waals surface area contributed by atoms with Crippen molar-refractivity contribution in [2.75, 3.05) is 13.4 Å². The number of aromatic amines is 1. The lowest BCUT2D eigenvalue weighted by Crippen LogP contribution is -2.16. The minimum absolute atomic E-state index is 0.138. The first-order valence-corrected chi connectivity index (χ1v) is 15.4. The number of H-pyrrole nitrogens is 1. The zero-order chi connectivity index (χ0) is 34.5. The molecule has 0 fully saturated rings. The largest absolute Gasteiger partial charge is 0.511 e. The molecule has 0 aliphatic carbocycles. The van der Waals surface area contributed by atoms with E-state index in [1.165, 1.54) is 0 Å². The average Bonchev–Trinajstić information content (AvgIpc) is 3.69. The number of aryl methyl sites for hydroxylation is 3. The summed E-state index contributed by atoms with van der Waals surface area (Å²) in [7, 11) is 0. The maximum atomic E-state index is 13.3. The molecule has 1 N–H and O–H groups in total. The van der Waals surface area contributed by atoms with Crippen molar-refractivity contribution in [1.29, 1.82) is 0 Å². The second-order valence-electron chi connectivity index (χ2n) is 10.9. The Morgan fingerprint density at radius 1 is 0.837 bits per heavy atom. The molecule has 0 aliphatic heterocycles. The third-order valence-corrected chi connectivity index (χ3v) is 7.73. The van der Waals surface area contributed by atoms with Gasteiger partial charge in [0.1, 0.15) is 6.61 Å². The Morgan fingerprint density at radius 3 is 2.33 bits per heavy atom. The van der Waals surface area contributed by atoms with Crippen LogP contribution in [0, 0.1) is 20.8 Å². The summed E-state index contributed by atoms with van der Waals surface area (Å²) < 4.78 is 27.8. The van der Waals surface area contributed by atoms with Gasteiger partial charge in [-0.2, -0.15) is 4.98 Å². The first-order valence-electron chi connectivity index (χ1n) is 15.4. The number of nitrogens with one attached hydrogen (secondary N) is 1. The van der Waals surface area contributed by atoms with Gasteiger partial charge in [0.15, 0.2) is 5.82 Å². The van der Waals surface area contributed by atoms with Gasteiger partial charge in [0, 0.05) is 5.56 Å². The Hall–Kier alpha value is -6.31. The number of hydrogen-bond acceptors (Lipinski definition) is 12. The Balaban J connectivity index is 1.17. The number of benzene rings is 3. The van der Waals surface area contributed by atoms with Crippen molar-refractivity contribution in [3.8, 4) is 28.5 Å². The van der Waals surface area contributed by atoms with E-state index in [1.54, 1.807) is 29.7 Å². The minimum atomic E-state index is -1.02. The van der Waals surface area contributed by atoms with E-state index in [4.69, 9.17) is 23.5 Å². The van der Waals surface area contributed by atoms with Crippen molar-refractivity contribution >= 4 is 23.2 Å². The van der Waals surface area contributed by atoms with Crippen LogP contribution in [0.5, 0.6) is 6.01 Å². The molecule has 14 heteroatoms. The molecule has 14 nitrogen and oxygen atoms in total. The average molecular weight is 665 g/mol. The normalized spacial score (nSPS) is 11.0. The maximum Gasteiger partial charge on any atom is 0.511 e. The topological polar surface area (TPSA) is 174 Å². The molecular formula is C35H32N6O8. The summed E-state index contributed by atoms with van der Waals surface area (Å²) in [6, 6.07) is 20.7. The third kappa shape index (κ3) is 7.17. The van der Waals surface area contributed by atoms with Crippen molar-refractivity contribution < 1.29 is 33.1 Å². The highest BCUT2D eigenvalue weighted by Crippen LogP contribution is 2.31. The van der Waals surface area contributed by atoms with Crippen LogP contribution in [0.1, 0.15) is 45.6 Å². The van der Waals surface area contributed by atoms with Crippen LogP contribution in [0.4, 0.5) is 4.79 Å². The van der Waals surface area contributed by atoms with Crippen LogP contribution >= 0.6 is 0 Å². The molecule has 3 aromatic carbocycles. The number of ether oxygens (including phenoxy) is 4. The predicted octanol–water partition coefficient (Wildman–Crippen LogP) is 5.68. The molecule has 0 saturated carbocycles. The van der Waals surface area contributed by atoms with Crippen molar-refractivity contribution in [3.05, 3.63) is 111 Å². The number of fused-ring (bicyclic) bond motifs is 1. The Kier molecular flexibility index (Phi) is 9.46. The predicted molar refractivity (Wildman–Crippen MR) is 176 cm³/mol. The van der Waals surface area contributed by atoms with Crippen molar-refractivity contribution in [3.63, 3.8) is 0 Å². The Bertz CT molecular complexity index is 2200. The minimum Gasteiger partial charge on any atom is -0.465 e. The molecule has 0 radical (unpaired) electrons. The second-order valence-corrected chi connectivity index (χ2v) is 10.9. The highest BCUT2D eigenvalue weighted by molar-refractivity contribution is 6.02. The molecular weight excluding hydrogens is 632 g/mol. The fourth-order valence-corrected chi connectivity index (χ4v) is 5.25. The highest BCUT2D eigenvalue weighted by Gasteiger charge is 2.21. The molecule has 3 aromatic heterocycles. The van der Waals surface area contributed by atoms with Crippen LogP contribution in [-0.2, 0) is 27.4 Å². The van der Waals surface area contributed by atoms with Crippen LogP contribution in [0.25, 0.3) is 33.5 Å². The third-order valence-electron chi connectivity index (χ3n) is 7.73. The number of esters is 1. The van der Waals surface area contributed by atoms with Gasteiger partial charge >= 0.3 is 17.9 Å². The standard InChI is InChI=1S/C35H32N6O8/c1-5-45-33-38-28-12-8-11-27(32(42)47-19-48-35(44)46-18-29-22(4)36-20(2)21(3)37-29)30(28)41(33)17-23-13-15-24(16-14-23)25-9-6-7-10-26(25)31-39-34(43)49-40-31/h6-16H,5,17-19H2,1-4H3,(H,39,40,43). The van der Waals surface area contributed by atoms with Gasteiger partial charge in [-0.25, -0.2) is 14.4 Å². The zero-order valence-corrected chi connectivity index (χ0v) is 27.2. The molecule has 0 unspecified atom stereocenters. The second kappa shape index (κ2) is 14.2. The van der Waals surface area contributed by atoms with Crippen LogP contribution in [0.15, 0.2) is 76.0 Å². The molecule has 6 aromatic rings. The van der Waals surface area contributed by atoms with E-state index in [1.807, 2.05) is 69.3 Å². The first kappa shape index (κ1) is 32.6. The van der Waals surface area contributed by atoms with Crippen molar-refractivity contribution in [1.82, 2.24) is 29.7 Å². The molecule has 6 rings (SSSR count). The van der Waals surface area contributed by atoms with E-state index in [-0.39, 0.29) is 12.2 Å². The summed E-state index contributed by atoms with van der Waals surface area (Å²) in [5.41, 5.74) is 7.25. The van der Waals surface area contributed by atoms with Crippen LogP contribution < -0.4 is 10.5 Å². The lowest BCUT2D eigenvalue weighted by molar-refractivity contribution is -0.0296. The highest BCUT2D eigenvalue weighted by atomic mass is 16.8. The van der Waals surface area contributed by atoms with E-state index < -0.39 is 24.7 Å². The number of carbonyl (C=O) groups excluding carboxylic acids is 2. The van der Waals surface area contributed by atoms with Crippen LogP contribution in [0.3, 0.4) is 0 Å². The van der Waals surface area contributed by atoms with E-state index in [0.29, 0.717) is 53.0 Å². The summed E-state index contributed by atoms with van der Waals surface area (Å²) in [4.78, 5) is 53.0. The first-order chi connectivity index (χ1) is 23.7. The Morgan fingerprint density at radius 2 is 1.59 bits per heavy atom. The number of carbonyl (C=O) groups is 2. The maximum absolute atomic E-state index is 13.3. The molecule has 49 heavy (non-hydrogen) atoms. The molecule has 0 saturated heterocycles. The van der Waals surface area contributed by atoms with Crippen LogP contribution in [-0.4, -0.2) is 55.2 Å². The van der Waals surface area contributed by atoms with E-state index in [0.717, 1.165) is 28.1 Å². The molecule has 0 spiro atoms. The number of aromatic nitrogens is 6. The lowest BCUT2D eigenvalue weighted by Gasteiger charge is -2.13. The summed E-state index contributed by atoms with van der Waals surface area (Å²) in [6.07, 6.45) is -1.02. The molecule has 0 amide bonds. The number of imidazole rings is 1. The molecule has 250 valence electrons. The monoisotopic (exact) mass is 664 g/mol. The van der Waals surface area contributed by atoms with Gasteiger partial charge < -0.3 is 18.9 Å². The van der Waals surface area contributed by atoms with Gasteiger partial charge in [-0.05, 0) is 56.5 Å². The number of para-hydroxylation sites is 1. The summed E-state index contributed by atoms with van der Waals surface area (Å²) in [5, 5.41) is 3.83. The van der Waals surface area contributed by atoms with Gasteiger partial charge in [0.2, 0.25) is 6.79 Å². The smallest absolute Gasteiger partial charge is 0.465 e. The van der Waals surface area contributed by atoms with Gasteiger partial charge in [0.05, 0.1) is 52.5 Å². The Labute approximate surface area is 279 Å². The lowest BCUT2D eigenvalue weighted by atomic mass is 9.98. The van der Waals surface area contributed by atoms with E-state index in [2.05, 4.69) is 25.1 Å². The summed E-state index contributed by atoms with van der Waals surface area (Å²) in [5.74, 6) is -1.03. The van der Waals surface area contributed by atoms with Gasteiger partial charge in [-0.15, -0.1) is 0 Å². The van der Waals surface area contributed by atoms with Gasteiger partial charge in [0.25, 0.3) is 6.01 Å². The van der Waals surface area contributed by atoms with E-state index >= 15 is 0 Å². The molecule has 3 heterocycles. The molecule has 0 bridgehead atoms. The number of nitrogens with zero attached hydrogens (tertiary/aromatic N) is 5. The van der Waals surface area contributed by atoms with Gasteiger partial charge in [-0.1, -0.05) is 59.8 Å². The number of rotatable bonds is 11. The quantitative estimate of drug-likeness (QED) is 0.133. The van der Waals surface area contributed by atoms with Crippen molar-refractivity contribution in [2.45, 2.75) is 40.8 Å².